The van der Waals surface area contributed by atoms with Gasteiger partial charge in [0.25, 0.3) is 0 Å². The Morgan fingerprint density at radius 3 is 2.50 bits per heavy atom. The lowest BCUT2D eigenvalue weighted by Crippen LogP contribution is -2.10. The number of rotatable bonds is 5. The third-order valence-electron chi connectivity index (χ3n) is 3.15. The molecule has 0 fully saturated rings. The number of hydrogen-bond acceptors (Lipinski definition) is 3. The standard InChI is InChI=1S/C17H21NO2/c1-12(2)20-17-13(3)5-4-6-15(17)11-16(19)14-7-9-18-10-8-14/h4-10,12,16,19H,11H2,1-3H3/t16-/m0/s1. The van der Waals surface area contributed by atoms with Crippen molar-refractivity contribution in [3.63, 3.8) is 0 Å². The molecular formula is C17H21NO2. The Labute approximate surface area is 120 Å². The van der Waals surface area contributed by atoms with Gasteiger partial charge in [0.15, 0.2) is 0 Å². The number of aromatic nitrogens is 1. The van der Waals surface area contributed by atoms with Crippen LogP contribution in [0.15, 0.2) is 42.7 Å². The molecular weight excluding hydrogens is 250 g/mol. The van der Waals surface area contributed by atoms with Crippen LogP contribution >= 0.6 is 0 Å². The summed E-state index contributed by atoms with van der Waals surface area (Å²) >= 11 is 0. The summed E-state index contributed by atoms with van der Waals surface area (Å²) in [5, 5.41) is 10.3. The van der Waals surface area contributed by atoms with Crippen molar-refractivity contribution < 1.29 is 9.84 Å². The lowest BCUT2D eigenvalue weighted by atomic mass is 10.00. The molecule has 1 aromatic carbocycles. The Morgan fingerprint density at radius 2 is 1.85 bits per heavy atom. The molecule has 0 bridgehead atoms. The van der Waals surface area contributed by atoms with Crippen LogP contribution in [0.3, 0.4) is 0 Å². The van der Waals surface area contributed by atoms with Crippen molar-refractivity contribution in [2.75, 3.05) is 0 Å². The fourth-order valence-corrected chi connectivity index (χ4v) is 2.19. The van der Waals surface area contributed by atoms with Gasteiger partial charge in [-0.3, -0.25) is 4.98 Å². The van der Waals surface area contributed by atoms with Gasteiger partial charge in [-0.05, 0) is 49.6 Å². The van der Waals surface area contributed by atoms with Crippen LogP contribution in [0, 0.1) is 6.92 Å². The van der Waals surface area contributed by atoms with Gasteiger partial charge in [0.1, 0.15) is 5.75 Å². The lowest BCUT2D eigenvalue weighted by Gasteiger charge is -2.18. The number of aliphatic hydroxyl groups excluding tert-OH is 1. The van der Waals surface area contributed by atoms with Crippen molar-refractivity contribution >= 4 is 0 Å². The molecule has 2 rings (SSSR count). The predicted octanol–water partition coefficient (Wildman–Crippen LogP) is 3.45. The predicted molar refractivity (Wildman–Crippen MR) is 79.8 cm³/mol. The maximum Gasteiger partial charge on any atom is 0.125 e. The van der Waals surface area contributed by atoms with E-state index in [9.17, 15) is 5.11 Å². The second-order valence-electron chi connectivity index (χ2n) is 5.23. The Morgan fingerprint density at radius 1 is 1.15 bits per heavy atom. The number of hydrogen-bond donors (Lipinski definition) is 1. The van der Waals surface area contributed by atoms with Gasteiger partial charge < -0.3 is 9.84 Å². The van der Waals surface area contributed by atoms with Crippen LogP contribution in [0.2, 0.25) is 0 Å². The Hall–Kier alpha value is -1.87. The van der Waals surface area contributed by atoms with Crippen LogP contribution < -0.4 is 4.74 Å². The van der Waals surface area contributed by atoms with Crippen molar-refractivity contribution in [1.29, 1.82) is 0 Å². The first-order valence-electron chi connectivity index (χ1n) is 6.91. The van der Waals surface area contributed by atoms with Gasteiger partial charge in [-0.15, -0.1) is 0 Å². The fourth-order valence-electron chi connectivity index (χ4n) is 2.19. The van der Waals surface area contributed by atoms with E-state index in [2.05, 4.69) is 4.98 Å². The van der Waals surface area contributed by atoms with Gasteiger partial charge in [-0.25, -0.2) is 0 Å². The molecule has 0 aliphatic rings. The largest absolute Gasteiger partial charge is 0.490 e. The topological polar surface area (TPSA) is 42.4 Å². The Balaban J connectivity index is 2.23. The molecule has 0 aliphatic carbocycles. The first kappa shape index (κ1) is 14.5. The first-order chi connectivity index (χ1) is 9.58. The average molecular weight is 271 g/mol. The molecule has 0 amide bonds. The molecule has 3 heteroatoms. The summed E-state index contributed by atoms with van der Waals surface area (Å²) < 4.78 is 5.89. The third kappa shape index (κ3) is 3.58. The van der Waals surface area contributed by atoms with Crippen molar-refractivity contribution in [1.82, 2.24) is 4.98 Å². The quantitative estimate of drug-likeness (QED) is 0.905. The molecule has 20 heavy (non-hydrogen) atoms. The molecule has 1 N–H and O–H groups in total. The van der Waals surface area contributed by atoms with Crippen molar-refractivity contribution in [3.8, 4) is 5.75 Å². The minimum atomic E-state index is -0.547. The minimum absolute atomic E-state index is 0.118. The summed E-state index contributed by atoms with van der Waals surface area (Å²) in [6.07, 6.45) is 3.50. The molecule has 2 aromatic rings. The highest BCUT2D eigenvalue weighted by molar-refractivity contribution is 5.41. The molecule has 0 saturated carbocycles. The molecule has 1 heterocycles. The van der Waals surface area contributed by atoms with Crippen LogP contribution in [-0.4, -0.2) is 16.2 Å². The van der Waals surface area contributed by atoms with E-state index in [1.807, 2.05) is 51.1 Å². The number of aliphatic hydroxyl groups is 1. The van der Waals surface area contributed by atoms with Gasteiger partial charge in [-0.2, -0.15) is 0 Å². The van der Waals surface area contributed by atoms with Crippen LogP contribution in [0.25, 0.3) is 0 Å². The van der Waals surface area contributed by atoms with Crippen molar-refractivity contribution in [2.45, 2.75) is 39.4 Å². The van der Waals surface area contributed by atoms with E-state index in [1.54, 1.807) is 12.4 Å². The van der Waals surface area contributed by atoms with E-state index in [4.69, 9.17) is 4.74 Å². The number of para-hydroxylation sites is 1. The summed E-state index contributed by atoms with van der Waals surface area (Å²) in [6.45, 7) is 6.05. The monoisotopic (exact) mass is 271 g/mol. The highest BCUT2D eigenvalue weighted by Gasteiger charge is 2.14. The number of nitrogens with zero attached hydrogens (tertiary/aromatic N) is 1. The van der Waals surface area contributed by atoms with Crippen LogP contribution in [0.4, 0.5) is 0 Å². The van der Waals surface area contributed by atoms with Gasteiger partial charge >= 0.3 is 0 Å². The van der Waals surface area contributed by atoms with Crippen LogP contribution in [0.1, 0.15) is 36.6 Å². The first-order valence-corrected chi connectivity index (χ1v) is 6.91. The summed E-state index contributed by atoms with van der Waals surface area (Å²) in [6, 6.07) is 9.71. The Bertz CT molecular complexity index is 552. The summed E-state index contributed by atoms with van der Waals surface area (Å²) in [7, 11) is 0. The zero-order valence-electron chi connectivity index (χ0n) is 12.2. The smallest absolute Gasteiger partial charge is 0.125 e. The number of ether oxygens (including phenoxy) is 1. The Kier molecular flexibility index (Phi) is 4.74. The minimum Gasteiger partial charge on any atom is -0.490 e. The molecule has 1 aromatic heterocycles. The summed E-state index contributed by atoms with van der Waals surface area (Å²) in [5.74, 6) is 0.885. The third-order valence-corrected chi connectivity index (χ3v) is 3.15. The number of pyridine rings is 1. The van der Waals surface area contributed by atoms with E-state index in [0.29, 0.717) is 6.42 Å². The highest BCUT2D eigenvalue weighted by atomic mass is 16.5. The lowest BCUT2D eigenvalue weighted by molar-refractivity contribution is 0.174. The van der Waals surface area contributed by atoms with Gasteiger partial charge in [0.05, 0.1) is 12.2 Å². The van der Waals surface area contributed by atoms with E-state index in [0.717, 1.165) is 22.4 Å². The summed E-state index contributed by atoms with van der Waals surface area (Å²) in [4.78, 5) is 3.97. The van der Waals surface area contributed by atoms with Gasteiger partial charge in [0.2, 0.25) is 0 Å². The zero-order chi connectivity index (χ0) is 14.5. The van der Waals surface area contributed by atoms with Crippen molar-refractivity contribution in [2.24, 2.45) is 0 Å². The number of benzene rings is 1. The van der Waals surface area contributed by atoms with Crippen LogP contribution in [0.5, 0.6) is 5.75 Å². The normalized spacial score (nSPS) is 12.4. The molecule has 3 nitrogen and oxygen atoms in total. The molecule has 0 radical (unpaired) electrons. The average Bonchev–Trinajstić information content (AvgIpc) is 2.43. The van der Waals surface area contributed by atoms with E-state index < -0.39 is 6.10 Å². The maximum atomic E-state index is 10.3. The van der Waals surface area contributed by atoms with Crippen molar-refractivity contribution in [3.05, 3.63) is 59.4 Å². The second kappa shape index (κ2) is 6.53. The summed E-state index contributed by atoms with van der Waals surface area (Å²) in [5.41, 5.74) is 3.00. The van der Waals surface area contributed by atoms with E-state index in [1.165, 1.54) is 0 Å². The molecule has 0 unspecified atom stereocenters. The molecule has 0 spiro atoms. The molecule has 0 aliphatic heterocycles. The van der Waals surface area contributed by atoms with Gasteiger partial charge in [-0.1, -0.05) is 18.2 Å². The number of aryl methyl sites for hydroxylation is 1. The van der Waals surface area contributed by atoms with Crippen LogP contribution in [-0.2, 0) is 6.42 Å². The maximum absolute atomic E-state index is 10.3. The molecule has 106 valence electrons. The van der Waals surface area contributed by atoms with E-state index >= 15 is 0 Å². The van der Waals surface area contributed by atoms with E-state index in [-0.39, 0.29) is 6.10 Å². The second-order valence-corrected chi connectivity index (χ2v) is 5.23. The molecule has 0 saturated heterocycles. The fraction of sp³-hybridized carbons (Fsp3) is 0.353. The zero-order valence-corrected chi connectivity index (χ0v) is 12.2. The molecule has 1 atom stereocenters. The highest BCUT2D eigenvalue weighted by Crippen LogP contribution is 2.28. The van der Waals surface area contributed by atoms with Gasteiger partial charge in [0, 0.05) is 18.8 Å². The SMILES string of the molecule is Cc1cccc(C[C@H](O)c2ccncc2)c1OC(C)C.